The minimum absolute atomic E-state index is 0.347. The minimum atomic E-state index is -1.70. The van der Waals surface area contributed by atoms with Crippen molar-refractivity contribution in [3.05, 3.63) is 0 Å². The molecule has 2 aliphatic heterocycles. The van der Waals surface area contributed by atoms with E-state index in [-0.39, 0.29) is 0 Å². The molecule has 10 atom stereocenters. The van der Waals surface area contributed by atoms with Crippen LogP contribution in [-0.4, -0.2) is 125 Å². The highest BCUT2D eigenvalue weighted by Gasteiger charge is 2.50. The average molecular weight is 541 g/mol. The summed E-state index contributed by atoms with van der Waals surface area (Å²) >= 11 is 0. The molecule has 214 valence electrons. The fraction of sp³-hybridized carbons (Fsp3) is 1.00. The molecular formula is C24H48O11Si. The Morgan fingerprint density at radius 3 is 1.89 bits per heavy atom. The topological polar surface area (TPSA) is 179 Å². The van der Waals surface area contributed by atoms with Crippen molar-refractivity contribution in [3.8, 4) is 0 Å². The van der Waals surface area contributed by atoms with Crippen LogP contribution in [0.4, 0.5) is 0 Å². The molecule has 7 N–H and O–H groups in total. The Bertz CT molecular complexity index is 609. The molecule has 2 aliphatic rings. The number of aliphatic hydroxyl groups is 7. The Morgan fingerprint density at radius 1 is 0.667 bits per heavy atom. The second kappa shape index (κ2) is 15.4. The zero-order valence-corrected chi connectivity index (χ0v) is 22.8. The monoisotopic (exact) mass is 540 g/mol. The van der Waals surface area contributed by atoms with Crippen molar-refractivity contribution in [2.75, 3.05) is 19.8 Å². The summed E-state index contributed by atoms with van der Waals surface area (Å²) in [4.78, 5) is 0. The molecule has 0 aliphatic carbocycles. The van der Waals surface area contributed by atoms with Gasteiger partial charge in [-0.15, -0.1) is 0 Å². The summed E-state index contributed by atoms with van der Waals surface area (Å²) in [5.41, 5.74) is 0. The number of hydrogen-bond acceptors (Lipinski definition) is 11. The van der Waals surface area contributed by atoms with E-state index in [1.165, 1.54) is 44.6 Å². The van der Waals surface area contributed by atoms with Crippen molar-refractivity contribution in [2.24, 2.45) is 0 Å². The maximum absolute atomic E-state index is 10.7. The number of rotatable bonds is 15. The van der Waals surface area contributed by atoms with Crippen LogP contribution in [0.1, 0.15) is 45.4 Å². The van der Waals surface area contributed by atoms with Gasteiger partial charge in [-0.2, -0.15) is 0 Å². The summed E-state index contributed by atoms with van der Waals surface area (Å²) in [7, 11) is -1.50. The van der Waals surface area contributed by atoms with Gasteiger partial charge in [-0.25, -0.2) is 0 Å². The molecule has 0 aromatic rings. The number of aliphatic hydroxyl groups excluding tert-OH is 7. The van der Waals surface area contributed by atoms with Gasteiger partial charge in [0.1, 0.15) is 48.8 Å². The normalized spacial score (nSPS) is 37.8. The molecule has 0 saturated carbocycles. The van der Waals surface area contributed by atoms with Crippen molar-refractivity contribution in [1.82, 2.24) is 0 Å². The van der Waals surface area contributed by atoms with Crippen LogP contribution in [0.15, 0.2) is 0 Å². The number of ether oxygens (including phenoxy) is 4. The molecule has 2 heterocycles. The quantitative estimate of drug-likeness (QED) is 0.107. The van der Waals surface area contributed by atoms with Gasteiger partial charge in [0, 0.05) is 14.7 Å². The van der Waals surface area contributed by atoms with Crippen LogP contribution >= 0.6 is 0 Å². The highest BCUT2D eigenvalue weighted by Crippen LogP contribution is 2.30. The third-order valence-electron chi connectivity index (χ3n) is 7.23. The first-order valence-electron chi connectivity index (χ1n) is 13.3. The Morgan fingerprint density at radius 2 is 1.25 bits per heavy atom. The van der Waals surface area contributed by atoms with Crippen molar-refractivity contribution in [3.63, 3.8) is 0 Å². The van der Waals surface area contributed by atoms with Crippen molar-refractivity contribution < 1.29 is 54.7 Å². The second-order valence-corrected chi connectivity index (χ2v) is 16.1. The number of unbranched alkanes of at least 4 members (excludes halogenated alkanes) is 5. The van der Waals surface area contributed by atoms with Crippen molar-refractivity contribution >= 4 is 8.07 Å². The third kappa shape index (κ3) is 8.92. The highest BCUT2D eigenvalue weighted by atomic mass is 28.3. The van der Waals surface area contributed by atoms with E-state index >= 15 is 0 Å². The molecule has 36 heavy (non-hydrogen) atoms. The van der Waals surface area contributed by atoms with E-state index in [9.17, 15) is 35.7 Å². The predicted molar refractivity (Wildman–Crippen MR) is 133 cm³/mol. The summed E-state index contributed by atoms with van der Waals surface area (Å²) in [5, 5.41) is 70.6. The van der Waals surface area contributed by atoms with Crippen molar-refractivity contribution in [1.29, 1.82) is 0 Å². The molecule has 0 aromatic heterocycles. The Balaban J connectivity index is 1.86. The lowest BCUT2D eigenvalue weighted by molar-refractivity contribution is -0.359. The fourth-order valence-electron chi connectivity index (χ4n) is 4.65. The summed E-state index contributed by atoms with van der Waals surface area (Å²) < 4.78 is 22.3. The van der Waals surface area contributed by atoms with E-state index in [2.05, 4.69) is 20.0 Å². The van der Waals surface area contributed by atoms with Gasteiger partial charge in [-0.1, -0.05) is 64.6 Å². The molecule has 2 saturated heterocycles. The molecule has 0 unspecified atom stereocenters. The Labute approximate surface area is 215 Å². The lowest BCUT2D eigenvalue weighted by Crippen LogP contribution is -2.64. The van der Waals surface area contributed by atoms with E-state index in [1.807, 2.05) is 0 Å². The molecule has 0 amide bonds. The summed E-state index contributed by atoms with van der Waals surface area (Å²) in [6.45, 7) is 5.93. The SMILES string of the molecule is CCCCCCCC[Si](C)(C)CCO[C@@H]1O[C@H](CO)[C@@H](O[C@@H]2O[C@H](CO)[C@H](O)[C@H](O)[C@H]2O)[C@H](O)[C@H]1O. The van der Waals surface area contributed by atoms with Gasteiger partial charge in [0.25, 0.3) is 0 Å². The summed E-state index contributed by atoms with van der Waals surface area (Å²) in [6.07, 6.45) is -6.83. The van der Waals surface area contributed by atoms with E-state index in [1.54, 1.807) is 0 Å². The zero-order valence-electron chi connectivity index (χ0n) is 21.8. The Kier molecular flexibility index (Phi) is 13.7. The molecule has 0 spiro atoms. The smallest absolute Gasteiger partial charge is 0.187 e. The zero-order chi connectivity index (χ0) is 26.9. The van der Waals surface area contributed by atoms with Crippen LogP contribution in [0.25, 0.3) is 0 Å². The van der Waals surface area contributed by atoms with E-state index in [0.29, 0.717) is 6.61 Å². The molecule has 0 aromatic carbocycles. The van der Waals surface area contributed by atoms with Crippen LogP contribution < -0.4 is 0 Å². The predicted octanol–water partition coefficient (Wildman–Crippen LogP) is -0.304. The maximum atomic E-state index is 10.7. The standard InChI is InChI=1S/C24H48O11Si/c1-4-5-6-7-8-9-11-36(2,3)12-10-32-23-21(31)19(29)22(16(14-26)34-23)35-24-20(30)18(28)17(27)15(13-25)33-24/h15-31H,4-14H2,1-3H3/t15-,16-,17+,18+,19-,20-,21-,22-,23-,24+/m1/s1. The van der Waals surface area contributed by atoms with Crippen LogP contribution in [0, 0.1) is 0 Å². The van der Waals surface area contributed by atoms with Crippen molar-refractivity contribution in [2.45, 2.75) is 132 Å². The summed E-state index contributed by atoms with van der Waals surface area (Å²) in [5.74, 6) is 0. The van der Waals surface area contributed by atoms with Crippen LogP contribution in [0.3, 0.4) is 0 Å². The molecule has 12 heteroatoms. The largest absolute Gasteiger partial charge is 0.394 e. The van der Waals surface area contributed by atoms with Crippen LogP contribution in [0.5, 0.6) is 0 Å². The lowest BCUT2D eigenvalue weighted by atomic mass is 9.97. The minimum Gasteiger partial charge on any atom is -0.394 e. The molecule has 2 fully saturated rings. The third-order valence-corrected chi connectivity index (χ3v) is 10.5. The van der Waals surface area contributed by atoms with Gasteiger partial charge < -0.3 is 54.7 Å². The molecule has 11 nitrogen and oxygen atoms in total. The molecule has 2 rings (SSSR count). The lowest BCUT2D eigenvalue weighted by Gasteiger charge is -2.46. The van der Waals surface area contributed by atoms with Gasteiger partial charge in [-0.3, -0.25) is 0 Å². The first kappa shape index (κ1) is 32.0. The van der Waals surface area contributed by atoms with Crippen LogP contribution in [0.2, 0.25) is 25.2 Å². The molecule has 0 bridgehead atoms. The van der Waals surface area contributed by atoms with E-state index < -0.39 is 82.7 Å². The number of hydrogen-bond donors (Lipinski definition) is 7. The van der Waals surface area contributed by atoms with Gasteiger partial charge >= 0.3 is 0 Å². The highest BCUT2D eigenvalue weighted by molar-refractivity contribution is 6.77. The summed E-state index contributed by atoms with van der Waals surface area (Å²) in [6, 6.07) is 2.05. The maximum Gasteiger partial charge on any atom is 0.187 e. The first-order valence-corrected chi connectivity index (χ1v) is 16.7. The average Bonchev–Trinajstić information content (AvgIpc) is 2.85. The van der Waals surface area contributed by atoms with Gasteiger partial charge in [0.2, 0.25) is 0 Å². The van der Waals surface area contributed by atoms with Crippen LogP contribution in [-0.2, 0) is 18.9 Å². The first-order chi connectivity index (χ1) is 17.1. The molecule has 0 radical (unpaired) electrons. The fourth-order valence-corrected chi connectivity index (χ4v) is 6.78. The Hall–Kier alpha value is -0.223. The van der Waals surface area contributed by atoms with E-state index in [0.717, 1.165) is 6.04 Å². The van der Waals surface area contributed by atoms with E-state index in [4.69, 9.17) is 18.9 Å². The van der Waals surface area contributed by atoms with Gasteiger partial charge in [0.05, 0.1) is 13.2 Å². The molecular weight excluding hydrogens is 492 g/mol. The van der Waals surface area contributed by atoms with Gasteiger partial charge in [-0.05, 0) is 6.04 Å². The second-order valence-electron chi connectivity index (χ2n) is 10.8. The van der Waals surface area contributed by atoms with Gasteiger partial charge in [0.15, 0.2) is 12.6 Å².